The van der Waals surface area contributed by atoms with Gasteiger partial charge in [-0.1, -0.05) is 18.2 Å². The molecule has 0 aliphatic rings. The van der Waals surface area contributed by atoms with Crippen molar-refractivity contribution in [1.29, 1.82) is 0 Å². The number of halogens is 1. The second kappa shape index (κ2) is 9.68. The number of methoxy groups -OCH3 is 1. The molecular formula is C16H24IN3O2. The van der Waals surface area contributed by atoms with E-state index in [4.69, 9.17) is 9.15 Å². The van der Waals surface area contributed by atoms with Gasteiger partial charge >= 0.3 is 0 Å². The Labute approximate surface area is 148 Å². The second-order valence-corrected chi connectivity index (χ2v) is 4.85. The van der Waals surface area contributed by atoms with Gasteiger partial charge in [-0.2, -0.15) is 0 Å². The average molecular weight is 417 g/mol. The Morgan fingerprint density at radius 2 is 2.05 bits per heavy atom. The van der Waals surface area contributed by atoms with Crippen LogP contribution < -0.4 is 10.6 Å². The van der Waals surface area contributed by atoms with Crippen molar-refractivity contribution >= 4 is 40.9 Å². The third-order valence-corrected chi connectivity index (χ3v) is 3.40. The second-order valence-electron chi connectivity index (χ2n) is 4.85. The minimum absolute atomic E-state index is 0. The Balaban J connectivity index is 0.00000242. The summed E-state index contributed by atoms with van der Waals surface area (Å²) in [4.78, 5) is 4.20. The third kappa shape index (κ3) is 4.88. The van der Waals surface area contributed by atoms with Crippen molar-refractivity contribution in [2.45, 2.75) is 19.9 Å². The number of ether oxygens (including phenoxy) is 1. The number of hydrogen-bond donors (Lipinski definition) is 2. The largest absolute Gasteiger partial charge is 0.459 e. The third-order valence-electron chi connectivity index (χ3n) is 3.40. The van der Waals surface area contributed by atoms with Crippen LogP contribution in [0.15, 0.2) is 33.7 Å². The molecule has 2 rings (SSSR count). The molecule has 0 spiro atoms. The smallest absolute Gasteiger partial charge is 0.191 e. The number of para-hydroxylation sites is 1. The van der Waals surface area contributed by atoms with Crippen molar-refractivity contribution in [2.24, 2.45) is 4.99 Å². The summed E-state index contributed by atoms with van der Waals surface area (Å²) in [6.07, 6.45) is 0.945. The molecule has 0 unspecified atom stereocenters. The predicted octanol–water partition coefficient (Wildman–Crippen LogP) is 3.06. The normalized spacial score (nSPS) is 11.3. The molecule has 1 aromatic heterocycles. The fraction of sp³-hybridized carbons (Fsp3) is 0.438. The molecule has 0 aliphatic carbocycles. The van der Waals surface area contributed by atoms with Gasteiger partial charge in [0.25, 0.3) is 0 Å². The van der Waals surface area contributed by atoms with E-state index in [1.807, 2.05) is 18.2 Å². The summed E-state index contributed by atoms with van der Waals surface area (Å²) in [5.41, 5.74) is 2.10. The SMILES string of the molecule is CN=C(NCCCOC)NCc1oc2ccccc2c1C.I. The minimum atomic E-state index is 0. The number of aryl methyl sites for hydroxylation is 1. The number of aliphatic imine (C=N–C) groups is 1. The predicted molar refractivity (Wildman–Crippen MR) is 101 cm³/mol. The van der Waals surface area contributed by atoms with E-state index in [9.17, 15) is 0 Å². The fourth-order valence-electron chi connectivity index (χ4n) is 2.20. The maximum absolute atomic E-state index is 5.87. The lowest BCUT2D eigenvalue weighted by atomic mass is 10.1. The van der Waals surface area contributed by atoms with Crippen molar-refractivity contribution in [3.8, 4) is 0 Å². The first kappa shape index (κ1) is 18.8. The first-order chi connectivity index (χ1) is 10.3. The van der Waals surface area contributed by atoms with Gasteiger partial charge in [0.15, 0.2) is 5.96 Å². The van der Waals surface area contributed by atoms with Gasteiger partial charge in [0, 0.05) is 38.3 Å². The van der Waals surface area contributed by atoms with Crippen LogP contribution >= 0.6 is 24.0 Å². The van der Waals surface area contributed by atoms with E-state index in [1.165, 1.54) is 5.56 Å². The molecule has 0 saturated heterocycles. The first-order valence-corrected chi connectivity index (χ1v) is 7.16. The summed E-state index contributed by atoms with van der Waals surface area (Å²) < 4.78 is 10.9. The highest BCUT2D eigenvalue weighted by Crippen LogP contribution is 2.24. The zero-order valence-corrected chi connectivity index (χ0v) is 15.6. The molecule has 0 radical (unpaired) electrons. The van der Waals surface area contributed by atoms with Crippen LogP contribution in [-0.4, -0.2) is 33.3 Å². The first-order valence-electron chi connectivity index (χ1n) is 7.16. The molecular weight excluding hydrogens is 393 g/mol. The molecule has 0 fully saturated rings. The van der Waals surface area contributed by atoms with Gasteiger partial charge in [-0.05, 0) is 19.4 Å². The molecule has 5 nitrogen and oxygen atoms in total. The summed E-state index contributed by atoms with van der Waals surface area (Å²) >= 11 is 0. The Kier molecular flexibility index (Phi) is 8.26. The van der Waals surface area contributed by atoms with Crippen LogP contribution in [0, 0.1) is 6.92 Å². The van der Waals surface area contributed by atoms with Crippen molar-refractivity contribution in [1.82, 2.24) is 10.6 Å². The number of rotatable bonds is 6. The zero-order chi connectivity index (χ0) is 15.1. The Bertz CT molecular complexity index is 610. The van der Waals surface area contributed by atoms with Crippen molar-refractivity contribution in [3.05, 3.63) is 35.6 Å². The molecule has 2 aromatic rings. The number of nitrogens with zero attached hydrogens (tertiary/aromatic N) is 1. The summed E-state index contributed by atoms with van der Waals surface area (Å²) in [5.74, 6) is 1.71. The van der Waals surface area contributed by atoms with Gasteiger partial charge < -0.3 is 19.8 Å². The summed E-state index contributed by atoms with van der Waals surface area (Å²) in [6, 6.07) is 8.08. The lowest BCUT2D eigenvalue weighted by Gasteiger charge is -2.10. The van der Waals surface area contributed by atoms with E-state index in [1.54, 1.807) is 14.2 Å². The van der Waals surface area contributed by atoms with Gasteiger partial charge in [-0.25, -0.2) is 0 Å². The molecule has 1 aromatic carbocycles. The highest BCUT2D eigenvalue weighted by Gasteiger charge is 2.09. The Morgan fingerprint density at radius 1 is 1.27 bits per heavy atom. The number of hydrogen-bond acceptors (Lipinski definition) is 3. The van der Waals surface area contributed by atoms with Crippen LogP contribution in [-0.2, 0) is 11.3 Å². The summed E-state index contributed by atoms with van der Waals surface area (Å²) in [6.45, 7) is 4.27. The number of nitrogens with one attached hydrogen (secondary N) is 2. The summed E-state index contributed by atoms with van der Waals surface area (Å²) in [5, 5.41) is 7.68. The Hall–Kier alpha value is -1.28. The average Bonchev–Trinajstić information content (AvgIpc) is 2.83. The number of fused-ring (bicyclic) bond motifs is 1. The molecule has 2 N–H and O–H groups in total. The molecule has 22 heavy (non-hydrogen) atoms. The van der Waals surface area contributed by atoms with Gasteiger partial charge in [0.1, 0.15) is 11.3 Å². The van der Waals surface area contributed by atoms with E-state index in [0.717, 1.165) is 42.3 Å². The van der Waals surface area contributed by atoms with Crippen molar-refractivity contribution in [2.75, 3.05) is 27.3 Å². The molecule has 0 atom stereocenters. The molecule has 6 heteroatoms. The van der Waals surface area contributed by atoms with E-state index < -0.39 is 0 Å². The lowest BCUT2D eigenvalue weighted by Crippen LogP contribution is -2.37. The maximum atomic E-state index is 5.87. The number of guanidine groups is 1. The molecule has 1 heterocycles. The number of furan rings is 1. The van der Waals surface area contributed by atoms with Gasteiger partial charge in [-0.15, -0.1) is 24.0 Å². The fourth-order valence-corrected chi connectivity index (χ4v) is 2.20. The topological polar surface area (TPSA) is 58.8 Å². The highest BCUT2D eigenvalue weighted by molar-refractivity contribution is 14.0. The molecule has 0 aliphatic heterocycles. The van der Waals surface area contributed by atoms with E-state index in [0.29, 0.717) is 6.54 Å². The van der Waals surface area contributed by atoms with E-state index >= 15 is 0 Å². The standard InChI is InChI=1S/C16H23N3O2.HI/c1-12-13-7-4-5-8-14(13)21-15(12)11-19-16(17-2)18-9-6-10-20-3;/h4-5,7-8H,6,9-11H2,1-3H3,(H2,17,18,19);1H. The van der Waals surface area contributed by atoms with Crippen LogP contribution in [0.25, 0.3) is 11.0 Å². The maximum Gasteiger partial charge on any atom is 0.191 e. The monoisotopic (exact) mass is 417 g/mol. The zero-order valence-electron chi connectivity index (χ0n) is 13.3. The minimum Gasteiger partial charge on any atom is -0.459 e. The quantitative estimate of drug-likeness (QED) is 0.328. The van der Waals surface area contributed by atoms with Crippen molar-refractivity contribution < 1.29 is 9.15 Å². The molecule has 122 valence electrons. The Morgan fingerprint density at radius 3 is 2.73 bits per heavy atom. The number of benzene rings is 1. The summed E-state index contributed by atoms with van der Waals surface area (Å²) in [7, 11) is 3.47. The van der Waals surface area contributed by atoms with Crippen LogP contribution in [0.2, 0.25) is 0 Å². The molecule has 0 saturated carbocycles. The van der Waals surface area contributed by atoms with E-state index in [-0.39, 0.29) is 24.0 Å². The highest BCUT2D eigenvalue weighted by atomic mass is 127. The van der Waals surface area contributed by atoms with Crippen LogP contribution in [0.3, 0.4) is 0 Å². The van der Waals surface area contributed by atoms with Gasteiger partial charge in [0.05, 0.1) is 6.54 Å². The lowest BCUT2D eigenvalue weighted by molar-refractivity contribution is 0.195. The van der Waals surface area contributed by atoms with Crippen molar-refractivity contribution in [3.63, 3.8) is 0 Å². The van der Waals surface area contributed by atoms with E-state index in [2.05, 4.69) is 28.6 Å². The van der Waals surface area contributed by atoms with Gasteiger partial charge in [0.2, 0.25) is 0 Å². The van der Waals surface area contributed by atoms with Crippen LogP contribution in [0.4, 0.5) is 0 Å². The van der Waals surface area contributed by atoms with Crippen LogP contribution in [0.5, 0.6) is 0 Å². The van der Waals surface area contributed by atoms with Crippen LogP contribution in [0.1, 0.15) is 17.7 Å². The van der Waals surface area contributed by atoms with Gasteiger partial charge in [-0.3, -0.25) is 4.99 Å². The molecule has 0 bridgehead atoms. The molecule has 0 amide bonds.